The minimum Gasteiger partial charge on any atom is -0.459 e. The first-order chi connectivity index (χ1) is 13.7. The Morgan fingerprint density at radius 2 is 1.72 bits per heavy atom. The highest BCUT2D eigenvalue weighted by atomic mass is 19.4. The van der Waals surface area contributed by atoms with Gasteiger partial charge in [-0.1, -0.05) is 24.3 Å². The third kappa shape index (κ3) is 5.38. The molecule has 2 aromatic heterocycles. The van der Waals surface area contributed by atoms with Gasteiger partial charge < -0.3 is 16.2 Å². The summed E-state index contributed by atoms with van der Waals surface area (Å²) in [5.74, 6) is -0.513. The van der Waals surface area contributed by atoms with Crippen LogP contribution >= 0.6 is 0 Å². The molecule has 0 radical (unpaired) electrons. The zero-order valence-electron chi connectivity index (χ0n) is 15.5. The predicted molar refractivity (Wildman–Crippen MR) is 101 cm³/mol. The average Bonchev–Trinajstić information content (AvgIpc) is 2.65. The number of ether oxygens (including phenoxy) is 1. The molecule has 0 saturated heterocycles. The molecule has 0 spiro atoms. The van der Waals surface area contributed by atoms with Crippen LogP contribution in [0.25, 0.3) is 11.3 Å². The van der Waals surface area contributed by atoms with Gasteiger partial charge in [0.15, 0.2) is 0 Å². The zero-order chi connectivity index (χ0) is 21.0. The van der Waals surface area contributed by atoms with Crippen molar-refractivity contribution in [1.82, 2.24) is 19.9 Å². The number of hydrogen-bond acceptors (Lipinski definition) is 7. The van der Waals surface area contributed by atoms with Crippen molar-refractivity contribution in [3.63, 3.8) is 0 Å². The maximum Gasteiger partial charge on any atom is 0.429 e. The number of nitrogens with two attached hydrogens (primary N) is 2. The van der Waals surface area contributed by atoms with Gasteiger partial charge in [0, 0.05) is 35.6 Å². The van der Waals surface area contributed by atoms with Crippen molar-refractivity contribution in [3.8, 4) is 17.1 Å². The molecular weight excluding hydrogens is 385 g/mol. The summed E-state index contributed by atoms with van der Waals surface area (Å²) in [6, 6.07) is 8.64. The van der Waals surface area contributed by atoms with Gasteiger partial charge >= 0.3 is 6.18 Å². The molecule has 0 amide bonds. The SMILES string of the molecule is C[C@H](N)Cc1ccc(-c2cc(OC(c3cncnc3)C(F)(F)F)nc(N)n2)cc1. The normalized spacial score (nSPS) is 13.7. The van der Waals surface area contributed by atoms with E-state index in [2.05, 4.69) is 19.9 Å². The first-order valence-electron chi connectivity index (χ1n) is 8.70. The van der Waals surface area contributed by atoms with Crippen LogP contribution in [0.2, 0.25) is 0 Å². The van der Waals surface area contributed by atoms with E-state index in [0.29, 0.717) is 17.7 Å². The third-order valence-corrected chi connectivity index (χ3v) is 3.95. The maximum atomic E-state index is 13.5. The monoisotopic (exact) mass is 404 g/mol. The summed E-state index contributed by atoms with van der Waals surface area (Å²) in [7, 11) is 0. The predicted octanol–water partition coefficient (Wildman–Crippen LogP) is 3.09. The van der Waals surface area contributed by atoms with Crippen molar-refractivity contribution in [2.75, 3.05) is 5.73 Å². The standard InChI is InChI=1S/C19H19F3N6O/c1-11(23)6-12-2-4-13(5-3-12)15-7-16(28-18(24)27-15)29-17(19(20,21)22)14-8-25-10-26-9-14/h2-5,7-11,17H,6,23H2,1H3,(H2,24,27,28)/t11-,17?/m0/s1. The molecule has 0 aliphatic rings. The van der Waals surface area contributed by atoms with Gasteiger partial charge in [0.2, 0.25) is 17.9 Å². The third-order valence-electron chi connectivity index (χ3n) is 3.95. The second kappa shape index (κ2) is 8.39. The summed E-state index contributed by atoms with van der Waals surface area (Å²) >= 11 is 0. The first kappa shape index (κ1) is 20.5. The number of aromatic nitrogens is 4. The van der Waals surface area contributed by atoms with E-state index >= 15 is 0 Å². The number of halogens is 3. The van der Waals surface area contributed by atoms with Gasteiger partial charge in [-0.2, -0.15) is 18.2 Å². The number of alkyl halides is 3. The van der Waals surface area contributed by atoms with Crippen LogP contribution in [0.1, 0.15) is 24.2 Å². The van der Waals surface area contributed by atoms with Gasteiger partial charge in [-0.25, -0.2) is 15.0 Å². The average molecular weight is 404 g/mol. The largest absolute Gasteiger partial charge is 0.459 e. The highest BCUT2D eigenvalue weighted by molar-refractivity contribution is 5.61. The van der Waals surface area contributed by atoms with Crippen LogP contribution in [0.4, 0.5) is 19.1 Å². The van der Waals surface area contributed by atoms with E-state index in [1.165, 1.54) is 6.07 Å². The van der Waals surface area contributed by atoms with E-state index < -0.39 is 12.3 Å². The fourth-order valence-corrected chi connectivity index (χ4v) is 2.73. The lowest BCUT2D eigenvalue weighted by Gasteiger charge is -2.21. The number of rotatable bonds is 6. The van der Waals surface area contributed by atoms with Crippen LogP contribution in [0, 0.1) is 0 Å². The van der Waals surface area contributed by atoms with Gasteiger partial charge in [0.1, 0.15) is 6.33 Å². The Morgan fingerprint density at radius 3 is 2.31 bits per heavy atom. The Balaban J connectivity index is 1.90. The molecule has 4 N–H and O–H groups in total. The van der Waals surface area contributed by atoms with Crippen molar-refractivity contribution in [3.05, 3.63) is 60.2 Å². The number of hydrogen-bond donors (Lipinski definition) is 2. The quantitative estimate of drug-likeness (QED) is 0.649. The van der Waals surface area contributed by atoms with Crippen molar-refractivity contribution in [2.24, 2.45) is 5.73 Å². The minimum absolute atomic E-state index is 0.0109. The molecular formula is C19H19F3N6O. The molecule has 0 aliphatic carbocycles. The van der Waals surface area contributed by atoms with E-state index in [1.807, 2.05) is 19.1 Å². The number of benzene rings is 1. The summed E-state index contributed by atoms with van der Waals surface area (Å²) in [6.07, 6.45) is -3.09. The Morgan fingerprint density at radius 1 is 1.07 bits per heavy atom. The van der Waals surface area contributed by atoms with Gasteiger partial charge in [-0.3, -0.25) is 0 Å². The molecule has 1 unspecified atom stereocenters. The Bertz CT molecular complexity index is 948. The molecule has 29 heavy (non-hydrogen) atoms. The first-order valence-corrected chi connectivity index (χ1v) is 8.70. The number of nitrogens with zero attached hydrogens (tertiary/aromatic N) is 4. The van der Waals surface area contributed by atoms with Crippen molar-refractivity contribution in [1.29, 1.82) is 0 Å². The highest BCUT2D eigenvalue weighted by Crippen LogP contribution is 2.36. The number of nitrogen functional groups attached to an aromatic ring is 1. The molecule has 3 rings (SSSR count). The van der Waals surface area contributed by atoms with Gasteiger partial charge in [0.05, 0.1) is 5.69 Å². The molecule has 2 heterocycles. The molecule has 3 aromatic rings. The summed E-state index contributed by atoms with van der Waals surface area (Å²) in [5.41, 5.74) is 13.3. The molecule has 0 fully saturated rings. The fraction of sp³-hybridized carbons (Fsp3) is 0.263. The summed E-state index contributed by atoms with van der Waals surface area (Å²) in [4.78, 5) is 15.1. The van der Waals surface area contributed by atoms with Crippen LogP contribution < -0.4 is 16.2 Å². The molecule has 152 valence electrons. The second-order valence-corrected chi connectivity index (χ2v) is 6.54. The Labute approximate surface area is 165 Å². The van der Waals surface area contributed by atoms with Gasteiger partial charge in [-0.15, -0.1) is 0 Å². The molecule has 10 heteroatoms. The topological polar surface area (TPSA) is 113 Å². The van der Waals surface area contributed by atoms with Crippen LogP contribution in [0.15, 0.2) is 49.1 Å². The van der Waals surface area contributed by atoms with Gasteiger partial charge in [0.25, 0.3) is 0 Å². The second-order valence-electron chi connectivity index (χ2n) is 6.54. The van der Waals surface area contributed by atoms with Crippen LogP contribution in [-0.4, -0.2) is 32.2 Å². The van der Waals surface area contributed by atoms with Crippen LogP contribution in [0.5, 0.6) is 5.88 Å². The summed E-state index contributed by atoms with van der Waals surface area (Å²) in [5, 5.41) is 0. The Kier molecular flexibility index (Phi) is 5.92. The lowest BCUT2D eigenvalue weighted by molar-refractivity contribution is -0.198. The van der Waals surface area contributed by atoms with Crippen LogP contribution in [-0.2, 0) is 6.42 Å². The molecule has 0 bridgehead atoms. The summed E-state index contributed by atoms with van der Waals surface area (Å²) < 4.78 is 45.6. The molecule has 1 aromatic carbocycles. The lowest BCUT2D eigenvalue weighted by Crippen LogP contribution is -2.26. The lowest BCUT2D eigenvalue weighted by atomic mass is 10.0. The zero-order valence-corrected chi connectivity index (χ0v) is 15.5. The highest BCUT2D eigenvalue weighted by Gasteiger charge is 2.44. The maximum absolute atomic E-state index is 13.5. The van der Waals surface area contributed by atoms with Gasteiger partial charge in [-0.05, 0) is 18.9 Å². The van der Waals surface area contributed by atoms with Crippen molar-refractivity contribution >= 4 is 5.95 Å². The Hall–Kier alpha value is -3.27. The van der Waals surface area contributed by atoms with E-state index in [-0.39, 0.29) is 23.4 Å². The van der Waals surface area contributed by atoms with Crippen LogP contribution in [0.3, 0.4) is 0 Å². The van der Waals surface area contributed by atoms with E-state index in [1.54, 1.807) is 12.1 Å². The van der Waals surface area contributed by atoms with E-state index in [9.17, 15) is 13.2 Å². The van der Waals surface area contributed by atoms with Crippen molar-refractivity contribution < 1.29 is 17.9 Å². The molecule has 0 aliphatic heterocycles. The number of anilines is 1. The van der Waals surface area contributed by atoms with E-state index in [0.717, 1.165) is 24.3 Å². The molecule has 2 atom stereocenters. The molecule has 7 nitrogen and oxygen atoms in total. The smallest absolute Gasteiger partial charge is 0.429 e. The van der Waals surface area contributed by atoms with E-state index in [4.69, 9.17) is 16.2 Å². The summed E-state index contributed by atoms with van der Waals surface area (Å²) in [6.45, 7) is 1.90. The molecule has 0 saturated carbocycles. The minimum atomic E-state index is -4.70. The fourth-order valence-electron chi connectivity index (χ4n) is 2.73. The van der Waals surface area contributed by atoms with Crippen molar-refractivity contribution in [2.45, 2.75) is 31.7 Å².